The Morgan fingerprint density at radius 3 is 2.04 bits per heavy atom. The van der Waals surface area contributed by atoms with E-state index in [0.29, 0.717) is 6.54 Å². The summed E-state index contributed by atoms with van der Waals surface area (Å²) in [6.45, 7) is 1.77. The molecule has 1 atom stereocenters. The molecule has 4 aromatic carbocycles. The fourth-order valence-electron chi connectivity index (χ4n) is 4.85. The Kier molecular flexibility index (Phi) is 11.4. The van der Waals surface area contributed by atoms with Crippen LogP contribution >= 0.6 is 0 Å². The number of rotatable bonds is 15. The van der Waals surface area contributed by atoms with Crippen LogP contribution in [0.1, 0.15) is 30.9 Å². The van der Waals surface area contributed by atoms with Gasteiger partial charge < -0.3 is 10.2 Å². The van der Waals surface area contributed by atoms with E-state index in [0.717, 1.165) is 34.3 Å². The van der Waals surface area contributed by atoms with Gasteiger partial charge in [0.1, 0.15) is 12.6 Å². The summed E-state index contributed by atoms with van der Waals surface area (Å²) in [5.74, 6) is -0.999. The molecule has 0 spiro atoms. The summed E-state index contributed by atoms with van der Waals surface area (Å²) in [6.07, 6.45) is 1.82. The fourth-order valence-corrected chi connectivity index (χ4v) is 6.28. The summed E-state index contributed by atoms with van der Waals surface area (Å²) < 4.78 is 28.9. The molecule has 0 fully saturated rings. The molecular formula is C34H36N4O6S. The van der Waals surface area contributed by atoms with Gasteiger partial charge in [0.15, 0.2) is 0 Å². The lowest BCUT2D eigenvalue weighted by molar-refractivity contribution is -0.384. The van der Waals surface area contributed by atoms with Crippen molar-refractivity contribution in [1.82, 2.24) is 10.2 Å². The van der Waals surface area contributed by atoms with Crippen LogP contribution in [-0.2, 0) is 32.6 Å². The molecule has 0 aliphatic heterocycles. The second-order valence-electron chi connectivity index (χ2n) is 10.5. The van der Waals surface area contributed by atoms with E-state index in [1.54, 1.807) is 18.2 Å². The van der Waals surface area contributed by atoms with Gasteiger partial charge in [-0.3, -0.25) is 24.0 Å². The number of nitro groups is 1. The van der Waals surface area contributed by atoms with Crippen molar-refractivity contribution >= 4 is 33.2 Å². The molecule has 4 aromatic rings. The zero-order valence-corrected chi connectivity index (χ0v) is 25.8. The molecule has 0 bridgehead atoms. The Morgan fingerprint density at radius 1 is 0.844 bits per heavy atom. The Labute approximate surface area is 263 Å². The molecule has 0 aliphatic rings. The molecule has 0 unspecified atom stereocenters. The number of benzene rings is 4. The monoisotopic (exact) mass is 628 g/mol. The first-order valence-electron chi connectivity index (χ1n) is 14.7. The predicted molar refractivity (Wildman–Crippen MR) is 173 cm³/mol. The lowest BCUT2D eigenvalue weighted by atomic mass is 10.0. The molecule has 4 rings (SSSR count). The van der Waals surface area contributed by atoms with Gasteiger partial charge in [-0.2, -0.15) is 0 Å². The minimum atomic E-state index is -4.36. The average Bonchev–Trinajstić information content (AvgIpc) is 3.06. The van der Waals surface area contributed by atoms with Crippen LogP contribution in [0.4, 0.5) is 11.4 Å². The van der Waals surface area contributed by atoms with Crippen molar-refractivity contribution in [1.29, 1.82) is 0 Å². The van der Waals surface area contributed by atoms with Crippen molar-refractivity contribution < 1.29 is 22.9 Å². The largest absolute Gasteiger partial charge is 0.354 e. The minimum Gasteiger partial charge on any atom is -0.354 e. The first-order chi connectivity index (χ1) is 21.7. The van der Waals surface area contributed by atoms with Gasteiger partial charge in [-0.05, 0) is 35.7 Å². The van der Waals surface area contributed by atoms with Gasteiger partial charge in [0.25, 0.3) is 15.7 Å². The first kappa shape index (κ1) is 32.9. The molecule has 0 heterocycles. The summed E-state index contributed by atoms with van der Waals surface area (Å²) in [5.41, 5.74) is 1.20. The summed E-state index contributed by atoms with van der Waals surface area (Å²) >= 11 is 0. The molecule has 11 heteroatoms. The van der Waals surface area contributed by atoms with Gasteiger partial charge in [-0.25, -0.2) is 8.42 Å². The third-order valence-electron chi connectivity index (χ3n) is 7.24. The highest BCUT2D eigenvalue weighted by Crippen LogP contribution is 2.28. The predicted octanol–water partition coefficient (Wildman–Crippen LogP) is 5.35. The number of amides is 2. The van der Waals surface area contributed by atoms with Crippen molar-refractivity contribution in [3.8, 4) is 0 Å². The number of carbonyl (C=O) groups is 2. The van der Waals surface area contributed by atoms with E-state index >= 15 is 0 Å². The fraction of sp³-hybridized carbons (Fsp3) is 0.235. The van der Waals surface area contributed by atoms with Crippen LogP contribution in [0, 0.1) is 10.1 Å². The number of nitro benzene ring substituents is 1. The van der Waals surface area contributed by atoms with Gasteiger partial charge in [-0.1, -0.05) is 98.3 Å². The molecular weight excluding hydrogens is 592 g/mol. The molecule has 0 saturated carbocycles. The zero-order valence-electron chi connectivity index (χ0n) is 25.0. The number of unbranched alkanes of at least 4 members (excludes halogenated alkanes) is 1. The van der Waals surface area contributed by atoms with E-state index in [1.165, 1.54) is 35.2 Å². The lowest BCUT2D eigenvalue weighted by Crippen LogP contribution is -2.53. The number of hydrogen-bond donors (Lipinski definition) is 1. The van der Waals surface area contributed by atoms with E-state index in [1.807, 2.05) is 67.6 Å². The Balaban J connectivity index is 1.79. The number of nitrogens with one attached hydrogen (secondary N) is 1. The van der Waals surface area contributed by atoms with Crippen molar-refractivity contribution in [2.24, 2.45) is 0 Å². The molecule has 0 aliphatic carbocycles. The van der Waals surface area contributed by atoms with Crippen LogP contribution in [0.25, 0.3) is 0 Å². The van der Waals surface area contributed by atoms with Gasteiger partial charge in [0, 0.05) is 31.6 Å². The van der Waals surface area contributed by atoms with Crippen molar-refractivity contribution in [3.63, 3.8) is 0 Å². The quantitative estimate of drug-likeness (QED) is 0.107. The maximum absolute atomic E-state index is 14.4. The van der Waals surface area contributed by atoms with Crippen LogP contribution in [0.3, 0.4) is 0 Å². The van der Waals surface area contributed by atoms with Crippen LogP contribution in [0.5, 0.6) is 0 Å². The Bertz CT molecular complexity index is 1690. The third-order valence-corrected chi connectivity index (χ3v) is 9.02. The molecule has 2 amide bonds. The topological polar surface area (TPSA) is 130 Å². The van der Waals surface area contributed by atoms with E-state index in [2.05, 4.69) is 5.32 Å². The van der Waals surface area contributed by atoms with Crippen LogP contribution in [-0.4, -0.2) is 49.2 Å². The third kappa shape index (κ3) is 8.76. The number of anilines is 1. The first-order valence-corrected chi connectivity index (χ1v) is 16.1. The summed E-state index contributed by atoms with van der Waals surface area (Å²) in [4.78, 5) is 40.4. The second kappa shape index (κ2) is 15.6. The average molecular weight is 629 g/mol. The molecule has 45 heavy (non-hydrogen) atoms. The maximum Gasteiger partial charge on any atom is 0.271 e. The number of carbonyl (C=O) groups excluding carboxylic acids is 2. The van der Waals surface area contributed by atoms with Crippen LogP contribution < -0.4 is 9.62 Å². The Morgan fingerprint density at radius 2 is 1.44 bits per heavy atom. The highest BCUT2D eigenvalue weighted by atomic mass is 32.2. The Hall–Kier alpha value is -5.03. The molecule has 0 radical (unpaired) electrons. The van der Waals surface area contributed by atoms with E-state index < -0.39 is 33.4 Å². The smallest absolute Gasteiger partial charge is 0.271 e. The summed E-state index contributed by atoms with van der Waals surface area (Å²) in [6, 6.07) is 30.2. The molecule has 234 valence electrons. The SMILES string of the molecule is CCCCNC(=O)[C@H](Cc1ccccc1)N(Cc1ccccc1)C(=O)CN(c1cccc([N+](=O)[O-])c1)S(=O)(=O)c1ccccc1. The lowest BCUT2D eigenvalue weighted by Gasteiger charge is -2.34. The van der Waals surface area contributed by atoms with Gasteiger partial charge in [-0.15, -0.1) is 0 Å². The standard InChI is InChI=1S/C34H36N4O6S/c1-2-3-22-35-34(40)32(23-27-14-7-4-8-15-27)36(25-28-16-9-5-10-17-28)33(39)26-37(29-18-13-19-30(24-29)38(41)42)45(43,44)31-20-11-6-12-21-31/h4-21,24,32H,2-3,22-23,25-26H2,1H3,(H,35,40)/t32-/m0/s1. The van der Waals surface area contributed by atoms with E-state index in [-0.39, 0.29) is 35.1 Å². The van der Waals surface area contributed by atoms with Gasteiger partial charge >= 0.3 is 0 Å². The normalized spacial score (nSPS) is 11.8. The molecule has 10 nitrogen and oxygen atoms in total. The highest BCUT2D eigenvalue weighted by molar-refractivity contribution is 7.92. The molecule has 1 N–H and O–H groups in total. The van der Waals surface area contributed by atoms with Crippen LogP contribution in [0.2, 0.25) is 0 Å². The minimum absolute atomic E-state index is 0.0343. The number of non-ortho nitro benzene ring substituents is 1. The summed E-state index contributed by atoms with van der Waals surface area (Å²) in [5, 5.41) is 14.5. The maximum atomic E-state index is 14.4. The summed E-state index contributed by atoms with van der Waals surface area (Å²) in [7, 11) is -4.36. The van der Waals surface area contributed by atoms with Gasteiger partial charge in [0.05, 0.1) is 15.5 Å². The van der Waals surface area contributed by atoms with Crippen LogP contribution in [0.15, 0.2) is 120 Å². The zero-order chi connectivity index (χ0) is 32.2. The number of hydrogen-bond acceptors (Lipinski definition) is 6. The highest BCUT2D eigenvalue weighted by Gasteiger charge is 2.35. The van der Waals surface area contributed by atoms with E-state index in [4.69, 9.17) is 0 Å². The number of nitrogens with zero attached hydrogens (tertiary/aromatic N) is 3. The van der Waals surface area contributed by atoms with Crippen molar-refractivity contribution in [2.75, 3.05) is 17.4 Å². The second-order valence-corrected chi connectivity index (χ2v) is 12.3. The van der Waals surface area contributed by atoms with E-state index in [9.17, 15) is 28.1 Å². The molecule has 0 saturated heterocycles. The van der Waals surface area contributed by atoms with Gasteiger partial charge in [0.2, 0.25) is 11.8 Å². The molecule has 0 aromatic heterocycles. The number of sulfonamides is 1. The van der Waals surface area contributed by atoms with Crippen molar-refractivity contribution in [2.45, 2.75) is 43.7 Å². The van der Waals surface area contributed by atoms with Crippen molar-refractivity contribution in [3.05, 3.63) is 137 Å².